The zero-order valence-corrected chi connectivity index (χ0v) is 13.6. The van der Waals surface area contributed by atoms with E-state index in [0.29, 0.717) is 6.42 Å². The van der Waals surface area contributed by atoms with Gasteiger partial charge in [0.1, 0.15) is 5.75 Å². The van der Waals surface area contributed by atoms with E-state index < -0.39 is 6.10 Å². The molecule has 0 unspecified atom stereocenters. The van der Waals surface area contributed by atoms with Crippen LogP contribution in [0.2, 0.25) is 0 Å². The summed E-state index contributed by atoms with van der Waals surface area (Å²) in [6.45, 7) is 8.03. The Morgan fingerprint density at radius 2 is 1.86 bits per heavy atom. The van der Waals surface area contributed by atoms with E-state index in [2.05, 4.69) is 12.2 Å². The van der Waals surface area contributed by atoms with Crippen LogP contribution in [0.25, 0.3) is 0 Å². The third-order valence-electron chi connectivity index (χ3n) is 3.71. The monoisotopic (exact) mass is 297 g/mol. The van der Waals surface area contributed by atoms with Crippen molar-refractivity contribution in [2.75, 3.05) is 5.32 Å². The molecule has 0 aliphatic carbocycles. The SMILES string of the molecule is CC[C@H](Oc1cccc(C)c1)C(=O)Nc1ccc(C)c(C)c1. The summed E-state index contributed by atoms with van der Waals surface area (Å²) < 4.78 is 5.82. The molecule has 0 saturated carbocycles. The van der Waals surface area contributed by atoms with Gasteiger partial charge in [-0.1, -0.05) is 25.1 Å². The van der Waals surface area contributed by atoms with Crippen molar-refractivity contribution in [1.29, 1.82) is 0 Å². The predicted molar refractivity (Wildman–Crippen MR) is 90.4 cm³/mol. The van der Waals surface area contributed by atoms with Crippen LogP contribution in [0.5, 0.6) is 5.75 Å². The highest BCUT2D eigenvalue weighted by Gasteiger charge is 2.18. The Kier molecular flexibility index (Phi) is 5.21. The summed E-state index contributed by atoms with van der Waals surface area (Å²) in [4.78, 5) is 12.4. The van der Waals surface area contributed by atoms with Crippen molar-refractivity contribution in [1.82, 2.24) is 0 Å². The molecule has 0 aromatic heterocycles. The van der Waals surface area contributed by atoms with Gasteiger partial charge in [-0.05, 0) is 68.1 Å². The van der Waals surface area contributed by atoms with Crippen molar-refractivity contribution in [3.05, 3.63) is 59.2 Å². The number of carbonyl (C=O) groups is 1. The van der Waals surface area contributed by atoms with Crippen LogP contribution in [-0.2, 0) is 4.79 Å². The zero-order valence-electron chi connectivity index (χ0n) is 13.6. The van der Waals surface area contributed by atoms with Gasteiger partial charge in [0.2, 0.25) is 0 Å². The highest BCUT2D eigenvalue weighted by Crippen LogP contribution is 2.18. The van der Waals surface area contributed by atoms with E-state index in [4.69, 9.17) is 4.74 Å². The van der Waals surface area contributed by atoms with Crippen molar-refractivity contribution >= 4 is 11.6 Å². The van der Waals surface area contributed by atoms with Gasteiger partial charge >= 0.3 is 0 Å². The molecule has 2 rings (SSSR count). The molecule has 0 aliphatic heterocycles. The van der Waals surface area contributed by atoms with Crippen LogP contribution in [0, 0.1) is 20.8 Å². The number of aryl methyl sites for hydroxylation is 3. The zero-order chi connectivity index (χ0) is 16.1. The number of benzene rings is 2. The smallest absolute Gasteiger partial charge is 0.265 e. The molecule has 3 heteroatoms. The van der Waals surface area contributed by atoms with Crippen LogP contribution < -0.4 is 10.1 Å². The van der Waals surface area contributed by atoms with Gasteiger partial charge in [0, 0.05) is 5.69 Å². The normalized spacial score (nSPS) is 11.8. The maximum Gasteiger partial charge on any atom is 0.265 e. The van der Waals surface area contributed by atoms with Gasteiger partial charge in [-0.3, -0.25) is 4.79 Å². The first-order valence-corrected chi connectivity index (χ1v) is 7.61. The lowest BCUT2D eigenvalue weighted by atomic mass is 10.1. The van der Waals surface area contributed by atoms with E-state index in [1.165, 1.54) is 5.56 Å². The van der Waals surface area contributed by atoms with Gasteiger partial charge in [-0.15, -0.1) is 0 Å². The lowest BCUT2D eigenvalue weighted by Crippen LogP contribution is -2.32. The number of amides is 1. The summed E-state index contributed by atoms with van der Waals surface area (Å²) in [7, 11) is 0. The van der Waals surface area contributed by atoms with E-state index in [1.54, 1.807) is 0 Å². The fraction of sp³-hybridized carbons (Fsp3) is 0.316. The molecule has 2 aromatic rings. The molecule has 1 atom stereocenters. The third kappa shape index (κ3) is 4.10. The minimum absolute atomic E-state index is 0.118. The first-order valence-electron chi connectivity index (χ1n) is 7.61. The molecule has 116 valence electrons. The number of hydrogen-bond donors (Lipinski definition) is 1. The number of rotatable bonds is 5. The highest BCUT2D eigenvalue weighted by molar-refractivity contribution is 5.94. The number of anilines is 1. The van der Waals surface area contributed by atoms with Gasteiger partial charge in [0.05, 0.1) is 0 Å². The molecule has 0 spiro atoms. The Morgan fingerprint density at radius 3 is 2.50 bits per heavy atom. The molecular formula is C19H23NO2. The second-order valence-corrected chi connectivity index (χ2v) is 5.62. The van der Waals surface area contributed by atoms with Crippen LogP contribution in [0.1, 0.15) is 30.0 Å². The second-order valence-electron chi connectivity index (χ2n) is 5.62. The molecule has 1 amide bonds. The molecule has 0 aliphatic rings. The third-order valence-corrected chi connectivity index (χ3v) is 3.71. The minimum Gasteiger partial charge on any atom is -0.481 e. The van der Waals surface area contributed by atoms with Gasteiger partial charge in [-0.2, -0.15) is 0 Å². The fourth-order valence-corrected chi connectivity index (χ4v) is 2.22. The summed E-state index contributed by atoms with van der Waals surface area (Å²) in [6.07, 6.45) is 0.119. The summed E-state index contributed by atoms with van der Waals surface area (Å²) in [5.74, 6) is 0.606. The minimum atomic E-state index is -0.497. The summed E-state index contributed by atoms with van der Waals surface area (Å²) in [5.41, 5.74) is 4.29. The van der Waals surface area contributed by atoms with Crippen molar-refractivity contribution in [3.8, 4) is 5.75 Å². The Balaban J connectivity index is 2.06. The lowest BCUT2D eigenvalue weighted by molar-refractivity contribution is -0.122. The van der Waals surface area contributed by atoms with Gasteiger partial charge in [-0.25, -0.2) is 0 Å². The van der Waals surface area contributed by atoms with Crippen LogP contribution >= 0.6 is 0 Å². The maximum atomic E-state index is 12.4. The van der Waals surface area contributed by atoms with E-state index in [0.717, 1.165) is 22.6 Å². The average Bonchev–Trinajstić information content (AvgIpc) is 2.48. The predicted octanol–water partition coefficient (Wildman–Crippen LogP) is 4.41. The summed E-state index contributed by atoms with van der Waals surface area (Å²) in [5, 5.41) is 2.93. The number of carbonyl (C=O) groups excluding carboxylic acids is 1. The van der Waals surface area contributed by atoms with Crippen molar-refractivity contribution in [3.63, 3.8) is 0 Å². The van der Waals surface area contributed by atoms with Gasteiger partial charge in [0.15, 0.2) is 6.10 Å². The molecule has 0 fully saturated rings. The standard InChI is InChI=1S/C19H23NO2/c1-5-18(22-17-8-6-7-13(2)11-17)19(21)20-16-10-9-14(3)15(4)12-16/h6-12,18H,5H2,1-4H3,(H,20,21)/t18-/m0/s1. The second kappa shape index (κ2) is 7.12. The van der Waals surface area contributed by atoms with E-state index in [9.17, 15) is 4.79 Å². The topological polar surface area (TPSA) is 38.3 Å². The molecule has 3 nitrogen and oxygen atoms in total. The largest absolute Gasteiger partial charge is 0.481 e. The first-order chi connectivity index (χ1) is 10.5. The van der Waals surface area contributed by atoms with Crippen LogP contribution in [0.15, 0.2) is 42.5 Å². The lowest BCUT2D eigenvalue weighted by Gasteiger charge is -2.18. The number of ether oxygens (including phenoxy) is 1. The quantitative estimate of drug-likeness (QED) is 0.888. The maximum absolute atomic E-state index is 12.4. The number of nitrogens with one attached hydrogen (secondary N) is 1. The van der Waals surface area contributed by atoms with Crippen LogP contribution in [0.3, 0.4) is 0 Å². The molecular weight excluding hydrogens is 274 g/mol. The highest BCUT2D eigenvalue weighted by atomic mass is 16.5. The first kappa shape index (κ1) is 16.1. The Bertz CT molecular complexity index is 664. The number of hydrogen-bond acceptors (Lipinski definition) is 2. The van der Waals surface area contributed by atoms with Crippen molar-refractivity contribution in [2.45, 2.75) is 40.2 Å². The van der Waals surface area contributed by atoms with Crippen molar-refractivity contribution < 1.29 is 9.53 Å². The molecule has 0 radical (unpaired) electrons. The van der Waals surface area contributed by atoms with Gasteiger partial charge < -0.3 is 10.1 Å². The molecule has 0 saturated heterocycles. The average molecular weight is 297 g/mol. The Morgan fingerprint density at radius 1 is 1.09 bits per heavy atom. The fourth-order valence-electron chi connectivity index (χ4n) is 2.22. The van der Waals surface area contributed by atoms with E-state index in [-0.39, 0.29) is 5.91 Å². The van der Waals surface area contributed by atoms with Gasteiger partial charge in [0.25, 0.3) is 5.91 Å². The van der Waals surface area contributed by atoms with E-state index >= 15 is 0 Å². The van der Waals surface area contributed by atoms with Crippen LogP contribution in [-0.4, -0.2) is 12.0 Å². The molecule has 1 N–H and O–H groups in total. The molecule has 2 aromatic carbocycles. The Labute approximate surface area is 132 Å². The molecule has 0 bridgehead atoms. The summed E-state index contributed by atoms with van der Waals surface area (Å²) in [6, 6.07) is 13.6. The molecule has 0 heterocycles. The molecule has 22 heavy (non-hydrogen) atoms. The summed E-state index contributed by atoms with van der Waals surface area (Å²) >= 11 is 0. The van der Waals surface area contributed by atoms with E-state index in [1.807, 2.05) is 63.2 Å². The van der Waals surface area contributed by atoms with Crippen molar-refractivity contribution in [2.24, 2.45) is 0 Å². The Hall–Kier alpha value is -2.29. The van der Waals surface area contributed by atoms with Crippen LogP contribution in [0.4, 0.5) is 5.69 Å².